The number of pyridine rings is 2. The van der Waals surface area contributed by atoms with Crippen molar-refractivity contribution in [1.82, 2.24) is 9.97 Å². The van der Waals surface area contributed by atoms with Gasteiger partial charge in [0.25, 0.3) is 0 Å². The summed E-state index contributed by atoms with van der Waals surface area (Å²) in [6.45, 7) is 1.07. The molecule has 0 unspecified atom stereocenters. The number of aromatic nitrogens is 2. The quantitative estimate of drug-likeness (QED) is 0.780. The van der Waals surface area contributed by atoms with E-state index in [0.29, 0.717) is 0 Å². The Bertz CT molecular complexity index is 648. The standard InChI is InChI=1S/C16H17N3/c1-19-8-7-12-9-13(10-17-16(12)19)15-6-5-11-3-2-4-14(11)18-15/h5-6,9-10H,2-4,7-8H2,1H3. The van der Waals surface area contributed by atoms with Gasteiger partial charge in [-0.15, -0.1) is 0 Å². The van der Waals surface area contributed by atoms with Crippen LogP contribution in [-0.2, 0) is 19.3 Å². The average molecular weight is 251 g/mol. The zero-order valence-corrected chi connectivity index (χ0v) is 11.2. The summed E-state index contributed by atoms with van der Waals surface area (Å²) in [4.78, 5) is 11.6. The van der Waals surface area contributed by atoms with Crippen molar-refractivity contribution < 1.29 is 0 Å². The van der Waals surface area contributed by atoms with Crippen LogP contribution in [0.4, 0.5) is 5.82 Å². The van der Waals surface area contributed by atoms with E-state index in [4.69, 9.17) is 4.98 Å². The average Bonchev–Trinajstić information content (AvgIpc) is 3.04. The van der Waals surface area contributed by atoms with Crippen LogP contribution in [0.5, 0.6) is 0 Å². The fourth-order valence-corrected chi connectivity index (χ4v) is 3.15. The van der Waals surface area contributed by atoms with Gasteiger partial charge in [-0.3, -0.25) is 4.98 Å². The number of fused-ring (bicyclic) bond motifs is 2. The highest BCUT2D eigenvalue weighted by Crippen LogP contribution is 2.29. The SMILES string of the molecule is CN1CCc2cc(-c3ccc4c(n3)CCC4)cnc21. The maximum atomic E-state index is 4.81. The topological polar surface area (TPSA) is 29.0 Å². The molecule has 0 aromatic carbocycles. The maximum Gasteiger partial charge on any atom is 0.131 e. The Balaban J connectivity index is 1.77. The van der Waals surface area contributed by atoms with E-state index in [2.05, 4.69) is 35.1 Å². The van der Waals surface area contributed by atoms with E-state index in [1.54, 1.807) is 0 Å². The summed E-state index contributed by atoms with van der Waals surface area (Å²) in [6, 6.07) is 6.64. The van der Waals surface area contributed by atoms with Crippen LogP contribution in [-0.4, -0.2) is 23.6 Å². The molecule has 96 valence electrons. The Morgan fingerprint density at radius 1 is 1.11 bits per heavy atom. The lowest BCUT2D eigenvalue weighted by Crippen LogP contribution is -2.13. The van der Waals surface area contributed by atoms with Crippen molar-refractivity contribution in [3.05, 3.63) is 41.2 Å². The lowest BCUT2D eigenvalue weighted by Gasteiger charge is -2.11. The molecule has 1 aliphatic heterocycles. The molecule has 0 bridgehead atoms. The molecule has 0 fully saturated rings. The molecule has 19 heavy (non-hydrogen) atoms. The number of likely N-dealkylation sites (N-methyl/N-ethyl adjacent to an activating group) is 1. The van der Waals surface area contributed by atoms with E-state index in [9.17, 15) is 0 Å². The number of rotatable bonds is 1. The summed E-state index contributed by atoms with van der Waals surface area (Å²) in [5.74, 6) is 1.13. The van der Waals surface area contributed by atoms with Gasteiger partial charge in [0.05, 0.1) is 5.69 Å². The van der Waals surface area contributed by atoms with E-state index in [-0.39, 0.29) is 0 Å². The van der Waals surface area contributed by atoms with E-state index < -0.39 is 0 Å². The molecule has 2 aromatic heterocycles. The van der Waals surface area contributed by atoms with Crippen molar-refractivity contribution in [2.45, 2.75) is 25.7 Å². The first-order valence-corrected chi connectivity index (χ1v) is 7.00. The predicted octanol–water partition coefficient (Wildman–Crippen LogP) is 2.62. The molecule has 0 radical (unpaired) electrons. The summed E-state index contributed by atoms with van der Waals surface area (Å²) >= 11 is 0. The Morgan fingerprint density at radius 2 is 2.05 bits per heavy atom. The number of hydrogen-bond donors (Lipinski definition) is 0. The van der Waals surface area contributed by atoms with Gasteiger partial charge in [-0.25, -0.2) is 4.98 Å². The molecule has 1 aliphatic carbocycles. The van der Waals surface area contributed by atoms with Crippen molar-refractivity contribution in [3.8, 4) is 11.3 Å². The third kappa shape index (κ3) is 1.72. The zero-order chi connectivity index (χ0) is 12.8. The second kappa shape index (κ2) is 4.05. The second-order valence-corrected chi connectivity index (χ2v) is 5.53. The smallest absolute Gasteiger partial charge is 0.131 e. The molecule has 3 nitrogen and oxygen atoms in total. The van der Waals surface area contributed by atoms with Gasteiger partial charge in [0, 0.05) is 31.0 Å². The molecule has 4 rings (SSSR count). The minimum Gasteiger partial charge on any atom is -0.359 e. The number of aryl methyl sites for hydroxylation is 2. The highest BCUT2D eigenvalue weighted by atomic mass is 15.2. The van der Waals surface area contributed by atoms with Crippen molar-refractivity contribution in [1.29, 1.82) is 0 Å². The van der Waals surface area contributed by atoms with Gasteiger partial charge < -0.3 is 4.90 Å². The molecule has 0 N–H and O–H groups in total. The van der Waals surface area contributed by atoms with Gasteiger partial charge >= 0.3 is 0 Å². The van der Waals surface area contributed by atoms with Gasteiger partial charge in [-0.1, -0.05) is 6.07 Å². The van der Waals surface area contributed by atoms with Crippen LogP contribution in [0.2, 0.25) is 0 Å². The Hall–Kier alpha value is -1.90. The number of anilines is 1. The summed E-state index contributed by atoms with van der Waals surface area (Å²) in [5, 5.41) is 0. The minimum absolute atomic E-state index is 1.07. The molecule has 3 heteroatoms. The molecule has 3 heterocycles. The fourth-order valence-electron chi connectivity index (χ4n) is 3.15. The van der Waals surface area contributed by atoms with Crippen molar-refractivity contribution in [2.75, 3.05) is 18.5 Å². The first kappa shape index (κ1) is 11.0. The Kier molecular flexibility index (Phi) is 2.34. The fraction of sp³-hybridized carbons (Fsp3) is 0.375. The van der Waals surface area contributed by atoms with Gasteiger partial charge in [-0.2, -0.15) is 0 Å². The van der Waals surface area contributed by atoms with E-state index >= 15 is 0 Å². The second-order valence-electron chi connectivity index (χ2n) is 5.53. The third-order valence-corrected chi connectivity index (χ3v) is 4.24. The van der Waals surface area contributed by atoms with Gasteiger partial charge in [0.1, 0.15) is 5.82 Å². The minimum atomic E-state index is 1.07. The number of nitrogens with zero attached hydrogens (tertiary/aromatic N) is 3. The molecule has 0 spiro atoms. The van der Waals surface area contributed by atoms with Crippen molar-refractivity contribution >= 4 is 5.82 Å². The lowest BCUT2D eigenvalue weighted by atomic mass is 10.1. The summed E-state index contributed by atoms with van der Waals surface area (Å²) in [6.07, 6.45) is 6.63. The van der Waals surface area contributed by atoms with Crippen LogP contribution < -0.4 is 4.90 Å². The van der Waals surface area contributed by atoms with Crippen LogP contribution in [0.3, 0.4) is 0 Å². The first-order chi connectivity index (χ1) is 9.31. The van der Waals surface area contributed by atoms with Gasteiger partial charge in [0.15, 0.2) is 0 Å². The first-order valence-electron chi connectivity index (χ1n) is 7.00. The maximum absolute atomic E-state index is 4.81. The van der Waals surface area contributed by atoms with Crippen LogP contribution in [0.1, 0.15) is 23.2 Å². The predicted molar refractivity (Wildman–Crippen MR) is 76.5 cm³/mol. The monoisotopic (exact) mass is 251 g/mol. The van der Waals surface area contributed by atoms with Crippen molar-refractivity contribution in [2.24, 2.45) is 0 Å². The highest BCUT2D eigenvalue weighted by molar-refractivity contribution is 5.65. The molecule has 0 saturated carbocycles. The van der Waals surface area contributed by atoms with Gasteiger partial charge in [0.2, 0.25) is 0 Å². The summed E-state index contributed by atoms with van der Waals surface area (Å²) in [7, 11) is 2.10. The molecule has 0 atom stereocenters. The Morgan fingerprint density at radius 3 is 3.00 bits per heavy atom. The molecule has 2 aliphatic rings. The zero-order valence-electron chi connectivity index (χ0n) is 11.2. The van der Waals surface area contributed by atoms with E-state index in [1.807, 2.05) is 6.20 Å². The summed E-state index contributed by atoms with van der Waals surface area (Å²) < 4.78 is 0. The van der Waals surface area contributed by atoms with Crippen LogP contribution in [0, 0.1) is 0 Å². The third-order valence-electron chi connectivity index (χ3n) is 4.24. The highest BCUT2D eigenvalue weighted by Gasteiger charge is 2.18. The van der Waals surface area contributed by atoms with E-state index in [1.165, 1.54) is 29.7 Å². The molecule has 0 amide bonds. The van der Waals surface area contributed by atoms with Crippen LogP contribution in [0.15, 0.2) is 24.4 Å². The Labute approximate surface area is 113 Å². The largest absolute Gasteiger partial charge is 0.359 e. The van der Waals surface area contributed by atoms with Crippen LogP contribution >= 0.6 is 0 Å². The molecule has 2 aromatic rings. The van der Waals surface area contributed by atoms with Crippen molar-refractivity contribution in [3.63, 3.8) is 0 Å². The number of hydrogen-bond acceptors (Lipinski definition) is 3. The normalized spacial score (nSPS) is 16.6. The molecule has 0 saturated heterocycles. The molecular weight excluding hydrogens is 234 g/mol. The molecular formula is C16H17N3. The van der Waals surface area contributed by atoms with Crippen LogP contribution in [0.25, 0.3) is 11.3 Å². The summed E-state index contributed by atoms with van der Waals surface area (Å²) in [5.41, 5.74) is 6.30. The lowest BCUT2D eigenvalue weighted by molar-refractivity contribution is 0.900. The van der Waals surface area contributed by atoms with E-state index in [0.717, 1.165) is 36.5 Å². The van der Waals surface area contributed by atoms with Gasteiger partial charge in [-0.05, 0) is 48.9 Å².